The number of piperidine rings is 1. The summed E-state index contributed by atoms with van der Waals surface area (Å²) in [6, 6.07) is 0.570. The molecule has 126 valence electrons. The third-order valence-electron chi connectivity index (χ3n) is 5.38. The van der Waals surface area contributed by atoms with Crippen LogP contribution in [0.15, 0.2) is 0 Å². The number of ether oxygens (including phenoxy) is 2. The Bertz CT molecular complexity index is 385. The number of rotatable bonds is 4. The number of nitrogens with zero attached hydrogens (tertiary/aromatic N) is 2. The molecule has 3 saturated heterocycles. The minimum atomic E-state index is -0.222. The predicted octanol–water partition coefficient (Wildman–Crippen LogP) is 2.50. The van der Waals surface area contributed by atoms with E-state index in [0.29, 0.717) is 12.0 Å². The van der Waals surface area contributed by atoms with Crippen LogP contribution >= 0.6 is 0 Å². The normalized spacial score (nSPS) is 29.3. The van der Waals surface area contributed by atoms with Crippen molar-refractivity contribution in [3.63, 3.8) is 0 Å². The summed E-state index contributed by atoms with van der Waals surface area (Å²) in [6.07, 6.45) is 5.30. The van der Waals surface area contributed by atoms with Crippen molar-refractivity contribution < 1.29 is 14.3 Å². The molecule has 0 bridgehead atoms. The Hall–Kier alpha value is -0.810. The van der Waals surface area contributed by atoms with Crippen LogP contribution in [-0.4, -0.2) is 66.9 Å². The molecule has 1 atom stereocenters. The molecule has 0 unspecified atom stereocenters. The molecule has 3 heterocycles. The van der Waals surface area contributed by atoms with E-state index < -0.39 is 0 Å². The molecule has 3 fully saturated rings. The Balaban J connectivity index is 1.50. The van der Waals surface area contributed by atoms with Crippen molar-refractivity contribution in [3.8, 4) is 0 Å². The van der Waals surface area contributed by atoms with Crippen molar-refractivity contribution in [2.24, 2.45) is 5.92 Å². The van der Waals surface area contributed by atoms with Gasteiger partial charge in [0, 0.05) is 45.1 Å². The van der Waals surface area contributed by atoms with E-state index >= 15 is 0 Å². The topological polar surface area (TPSA) is 42.0 Å². The SMILES string of the molecule is CC(C)CCN1CC2(CCN([C@H]3CCCOC3)CC2)OC1=O. The molecule has 0 aromatic heterocycles. The molecule has 5 heteroatoms. The fourth-order valence-electron chi connectivity index (χ4n) is 3.85. The van der Waals surface area contributed by atoms with Crippen LogP contribution in [0, 0.1) is 5.92 Å². The average molecular weight is 310 g/mol. The van der Waals surface area contributed by atoms with E-state index in [9.17, 15) is 4.79 Å². The molecule has 0 aromatic carbocycles. The van der Waals surface area contributed by atoms with Crippen molar-refractivity contribution in [3.05, 3.63) is 0 Å². The third-order valence-corrected chi connectivity index (χ3v) is 5.38. The Kier molecular flexibility index (Phi) is 4.93. The highest BCUT2D eigenvalue weighted by Gasteiger charge is 2.47. The van der Waals surface area contributed by atoms with E-state index in [1.807, 2.05) is 4.90 Å². The van der Waals surface area contributed by atoms with Gasteiger partial charge in [-0.05, 0) is 25.2 Å². The molecule has 3 aliphatic heterocycles. The lowest BCUT2D eigenvalue weighted by Gasteiger charge is -2.42. The lowest BCUT2D eigenvalue weighted by Crippen LogP contribution is -2.52. The van der Waals surface area contributed by atoms with Gasteiger partial charge in [-0.25, -0.2) is 4.79 Å². The Labute approximate surface area is 133 Å². The van der Waals surface area contributed by atoms with Gasteiger partial charge in [0.2, 0.25) is 0 Å². The van der Waals surface area contributed by atoms with E-state index in [1.54, 1.807) is 0 Å². The van der Waals surface area contributed by atoms with Crippen LogP contribution in [0.5, 0.6) is 0 Å². The van der Waals surface area contributed by atoms with Gasteiger partial charge in [0.05, 0.1) is 13.2 Å². The lowest BCUT2D eigenvalue weighted by atomic mass is 9.90. The molecule has 3 rings (SSSR count). The summed E-state index contributed by atoms with van der Waals surface area (Å²) < 4.78 is 11.4. The zero-order valence-electron chi connectivity index (χ0n) is 14.1. The standard InChI is InChI=1S/C17H30N2O3/c1-14(2)5-8-19-13-17(22-16(19)20)6-9-18(10-7-17)15-4-3-11-21-12-15/h14-15H,3-13H2,1-2H3/t15-/m0/s1. The summed E-state index contributed by atoms with van der Waals surface area (Å²) in [5.41, 5.74) is -0.222. The number of carbonyl (C=O) groups is 1. The minimum absolute atomic E-state index is 0.102. The van der Waals surface area contributed by atoms with Gasteiger partial charge in [-0.1, -0.05) is 13.8 Å². The van der Waals surface area contributed by atoms with Crippen LogP contribution in [0.4, 0.5) is 4.79 Å². The van der Waals surface area contributed by atoms with Crippen molar-refractivity contribution in [1.82, 2.24) is 9.80 Å². The summed E-state index contributed by atoms with van der Waals surface area (Å²) in [4.78, 5) is 16.6. The second-order valence-corrected chi connectivity index (χ2v) is 7.56. The Morgan fingerprint density at radius 3 is 2.73 bits per heavy atom. The second kappa shape index (κ2) is 6.75. The van der Waals surface area contributed by atoms with E-state index in [4.69, 9.17) is 9.47 Å². The summed E-state index contributed by atoms with van der Waals surface area (Å²) >= 11 is 0. The maximum absolute atomic E-state index is 12.1. The number of amides is 1. The molecular formula is C17H30N2O3. The third kappa shape index (κ3) is 3.57. The first-order valence-electron chi connectivity index (χ1n) is 8.88. The number of hydrogen-bond donors (Lipinski definition) is 0. The van der Waals surface area contributed by atoms with E-state index in [2.05, 4.69) is 18.7 Å². The maximum atomic E-state index is 12.1. The molecule has 5 nitrogen and oxygen atoms in total. The van der Waals surface area contributed by atoms with Gasteiger partial charge in [-0.15, -0.1) is 0 Å². The van der Waals surface area contributed by atoms with Crippen LogP contribution in [0.1, 0.15) is 46.0 Å². The van der Waals surface area contributed by atoms with E-state index in [1.165, 1.54) is 12.8 Å². The summed E-state index contributed by atoms with van der Waals surface area (Å²) in [7, 11) is 0. The Morgan fingerprint density at radius 1 is 1.32 bits per heavy atom. The lowest BCUT2D eigenvalue weighted by molar-refractivity contribution is -0.0389. The highest BCUT2D eigenvalue weighted by Crippen LogP contribution is 2.34. The fraction of sp³-hybridized carbons (Fsp3) is 0.941. The maximum Gasteiger partial charge on any atom is 0.410 e. The molecule has 3 aliphatic rings. The quantitative estimate of drug-likeness (QED) is 0.800. The largest absolute Gasteiger partial charge is 0.441 e. The van der Waals surface area contributed by atoms with E-state index in [0.717, 1.165) is 58.7 Å². The first kappa shape index (κ1) is 16.1. The van der Waals surface area contributed by atoms with Gasteiger partial charge in [-0.2, -0.15) is 0 Å². The van der Waals surface area contributed by atoms with Crippen LogP contribution in [0.2, 0.25) is 0 Å². The molecule has 1 spiro atoms. The van der Waals surface area contributed by atoms with Crippen LogP contribution in [-0.2, 0) is 9.47 Å². The number of likely N-dealkylation sites (tertiary alicyclic amines) is 1. The molecular weight excluding hydrogens is 280 g/mol. The average Bonchev–Trinajstić information content (AvgIpc) is 2.82. The van der Waals surface area contributed by atoms with Crippen molar-refractivity contribution >= 4 is 6.09 Å². The van der Waals surface area contributed by atoms with Crippen LogP contribution < -0.4 is 0 Å². The highest BCUT2D eigenvalue weighted by molar-refractivity contribution is 5.70. The first-order chi connectivity index (χ1) is 10.6. The van der Waals surface area contributed by atoms with Gasteiger partial charge in [0.1, 0.15) is 5.60 Å². The van der Waals surface area contributed by atoms with Crippen molar-refractivity contribution in [2.45, 2.75) is 57.6 Å². The van der Waals surface area contributed by atoms with Gasteiger partial charge >= 0.3 is 6.09 Å². The summed E-state index contributed by atoms with van der Waals surface area (Å²) in [6.45, 7) is 9.85. The second-order valence-electron chi connectivity index (χ2n) is 7.56. The molecule has 0 N–H and O–H groups in total. The van der Waals surface area contributed by atoms with Gasteiger partial charge in [-0.3, -0.25) is 4.90 Å². The summed E-state index contributed by atoms with van der Waals surface area (Å²) in [5, 5.41) is 0. The minimum Gasteiger partial charge on any atom is -0.441 e. The van der Waals surface area contributed by atoms with Gasteiger partial charge in [0.25, 0.3) is 0 Å². The zero-order chi connectivity index (χ0) is 15.6. The van der Waals surface area contributed by atoms with Crippen molar-refractivity contribution in [2.75, 3.05) is 39.4 Å². The van der Waals surface area contributed by atoms with E-state index in [-0.39, 0.29) is 11.7 Å². The molecule has 22 heavy (non-hydrogen) atoms. The monoisotopic (exact) mass is 310 g/mol. The fourth-order valence-corrected chi connectivity index (χ4v) is 3.85. The smallest absolute Gasteiger partial charge is 0.410 e. The first-order valence-corrected chi connectivity index (χ1v) is 8.88. The van der Waals surface area contributed by atoms with Crippen LogP contribution in [0.25, 0.3) is 0 Å². The number of hydrogen-bond acceptors (Lipinski definition) is 4. The summed E-state index contributed by atoms with van der Waals surface area (Å²) in [5.74, 6) is 0.623. The molecule has 0 aromatic rings. The highest BCUT2D eigenvalue weighted by atomic mass is 16.6. The molecule has 0 saturated carbocycles. The zero-order valence-corrected chi connectivity index (χ0v) is 14.1. The molecule has 0 radical (unpaired) electrons. The van der Waals surface area contributed by atoms with Gasteiger partial charge < -0.3 is 14.4 Å². The van der Waals surface area contributed by atoms with Crippen LogP contribution in [0.3, 0.4) is 0 Å². The van der Waals surface area contributed by atoms with Crippen molar-refractivity contribution in [1.29, 1.82) is 0 Å². The predicted molar refractivity (Wildman–Crippen MR) is 84.9 cm³/mol. The molecule has 1 amide bonds. The number of carbonyl (C=O) groups excluding carboxylic acids is 1. The van der Waals surface area contributed by atoms with Gasteiger partial charge in [0.15, 0.2) is 0 Å². The Morgan fingerprint density at radius 2 is 2.09 bits per heavy atom. The molecule has 0 aliphatic carbocycles.